The lowest BCUT2D eigenvalue weighted by Crippen LogP contribution is -2.46. The van der Waals surface area contributed by atoms with Gasteiger partial charge in [-0.1, -0.05) is 18.2 Å². The van der Waals surface area contributed by atoms with Crippen LogP contribution in [0.1, 0.15) is 24.8 Å². The summed E-state index contributed by atoms with van der Waals surface area (Å²) in [5.41, 5.74) is 0.746. The van der Waals surface area contributed by atoms with Crippen molar-refractivity contribution in [1.82, 2.24) is 24.7 Å². The molecule has 1 unspecified atom stereocenters. The van der Waals surface area contributed by atoms with Crippen LogP contribution in [0.3, 0.4) is 0 Å². The van der Waals surface area contributed by atoms with Crippen LogP contribution in [0.5, 0.6) is 0 Å². The van der Waals surface area contributed by atoms with Gasteiger partial charge >= 0.3 is 6.03 Å². The van der Waals surface area contributed by atoms with Crippen molar-refractivity contribution in [3.63, 3.8) is 0 Å². The predicted octanol–water partition coefficient (Wildman–Crippen LogP) is 2.97. The number of nitrogens with zero attached hydrogens (tertiary/aromatic N) is 4. The molecule has 1 atom stereocenters. The smallest absolute Gasteiger partial charge is 0.317 e. The Kier molecular flexibility index (Phi) is 6.44. The minimum absolute atomic E-state index is 0.0543. The molecule has 156 valence electrons. The van der Waals surface area contributed by atoms with E-state index in [4.69, 9.17) is 0 Å². The molecular formula is C22H30FN5O. The fourth-order valence-corrected chi connectivity index (χ4v) is 4.45. The molecular weight excluding hydrogens is 369 g/mol. The molecule has 2 aromatic rings. The number of carbonyl (C=O) groups excluding carboxylic acids is 1. The van der Waals surface area contributed by atoms with Crippen LogP contribution in [0.4, 0.5) is 9.18 Å². The number of imidazole rings is 1. The number of amides is 2. The number of urea groups is 1. The minimum atomic E-state index is -0.138. The van der Waals surface area contributed by atoms with Gasteiger partial charge in [0.05, 0.1) is 6.33 Å². The molecule has 3 heterocycles. The van der Waals surface area contributed by atoms with E-state index in [1.54, 1.807) is 6.07 Å². The summed E-state index contributed by atoms with van der Waals surface area (Å²) in [4.78, 5) is 20.8. The topological polar surface area (TPSA) is 53.4 Å². The van der Waals surface area contributed by atoms with Crippen LogP contribution in [0, 0.1) is 17.7 Å². The fourth-order valence-electron chi connectivity index (χ4n) is 4.45. The summed E-state index contributed by atoms with van der Waals surface area (Å²) < 4.78 is 16.0. The number of carbonyl (C=O) groups is 1. The van der Waals surface area contributed by atoms with E-state index >= 15 is 0 Å². The van der Waals surface area contributed by atoms with Gasteiger partial charge < -0.3 is 14.8 Å². The third-order valence-corrected chi connectivity index (χ3v) is 6.19. The molecule has 2 saturated heterocycles. The minimum Gasteiger partial charge on any atom is -0.338 e. The number of benzene rings is 1. The van der Waals surface area contributed by atoms with Gasteiger partial charge in [-0.15, -0.1) is 0 Å². The van der Waals surface area contributed by atoms with Gasteiger partial charge in [0.2, 0.25) is 0 Å². The van der Waals surface area contributed by atoms with E-state index in [1.165, 1.54) is 6.07 Å². The molecule has 0 radical (unpaired) electrons. The quantitative estimate of drug-likeness (QED) is 0.813. The lowest BCUT2D eigenvalue weighted by Gasteiger charge is -2.32. The number of nitrogens with one attached hydrogen (secondary N) is 1. The van der Waals surface area contributed by atoms with Crippen molar-refractivity contribution in [1.29, 1.82) is 0 Å². The number of likely N-dealkylation sites (tertiary alicyclic amines) is 2. The van der Waals surface area contributed by atoms with E-state index in [2.05, 4.69) is 19.8 Å². The van der Waals surface area contributed by atoms with Crippen molar-refractivity contribution >= 4 is 6.03 Å². The number of rotatable bonds is 6. The standard InChI is InChI=1S/C22H30FN5O/c23-21-4-2-1-3-20(21)16-26-9-5-19(15-26)13-25-22(29)28-10-6-18(7-11-28)14-27-12-8-24-17-27/h1-4,8,12,17-19H,5-7,9-11,13-16H2,(H,25,29). The molecule has 0 spiro atoms. The maximum atomic E-state index is 13.8. The number of hydrogen-bond donors (Lipinski definition) is 1. The van der Waals surface area contributed by atoms with Crippen LogP contribution in [0.2, 0.25) is 0 Å². The van der Waals surface area contributed by atoms with Gasteiger partial charge in [0.25, 0.3) is 0 Å². The number of piperidine rings is 1. The Morgan fingerprint density at radius 2 is 1.93 bits per heavy atom. The third-order valence-electron chi connectivity index (χ3n) is 6.19. The van der Waals surface area contributed by atoms with Crippen molar-refractivity contribution in [3.05, 3.63) is 54.4 Å². The van der Waals surface area contributed by atoms with Crippen LogP contribution in [-0.2, 0) is 13.1 Å². The van der Waals surface area contributed by atoms with Crippen LogP contribution in [0.25, 0.3) is 0 Å². The van der Waals surface area contributed by atoms with E-state index in [9.17, 15) is 9.18 Å². The molecule has 1 N–H and O–H groups in total. The van der Waals surface area contributed by atoms with Crippen molar-refractivity contribution in [2.45, 2.75) is 32.4 Å². The monoisotopic (exact) mass is 399 g/mol. The molecule has 0 aliphatic carbocycles. The second-order valence-electron chi connectivity index (χ2n) is 8.36. The van der Waals surface area contributed by atoms with Gasteiger partial charge in [-0.25, -0.2) is 14.2 Å². The maximum absolute atomic E-state index is 13.8. The Balaban J connectivity index is 1.15. The summed E-state index contributed by atoms with van der Waals surface area (Å²) in [7, 11) is 0. The van der Waals surface area contributed by atoms with Gasteiger partial charge in [-0.3, -0.25) is 4.90 Å². The Hall–Kier alpha value is -2.41. The van der Waals surface area contributed by atoms with Gasteiger partial charge in [0.15, 0.2) is 0 Å². The number of halogens is 1. The predicted molar refractivity (Wildman–Crippen MR) is 110 cm³/mol. The molecule has 1 aromatic heterocycles. The van der Waals surface area contributed by atoms with Crippen LogP contribution in [-0.4, -0.2) is 58.1 Å². The van der Waals surface area contributed by atoms with Gasteiger partial charge in [0, 0.05) is 57.2 Å². The molecule has 0 bridgehead atoms. The zero-order valence-corrected chi connectivity index (χ0v) is 16.8. The van der Waals surface area contributed by atoms with E-state index in [1.807, 2.05) is 35.8 Å². The van der Waals surface area contributed by atoms with E-state index in [-0.39, 0.29) is 11.8 Å². The van der Waals surface area contributed by atoms with Crippen molar-refractivity contribution in [3.8, 4) is 0 Å². The molecule has 2 aliphatic heterocycles. The molecule has 0 saturated carbocycles. The highest BCUT2D eigenvalue weighted by Crippen LogP contribution is 2.21. The van der Waals surface area contributed by atoms with Gasteiger partial charge in [0.1, 0.15) is 5.82 Å². The first-order valence-corrected chi connectivity index (χ1v) is 10.6. The normalized spacial score (nSPS) is 20.9. The Labute approximate surface area is 171 Å². The molecule has 7 heteroatoms. The molecule has 2 fully saturated rings. The van der Waals surface area contributed by atoms with Gasteiger partial charge in [-0.2, -0.15) is 0 Å². The van der Waals surface area contributed by atoms with Crippen LogP contribution in [0.15, 0.2) is 43.0 Å². The van der Waals surface area contributed by atoms with E-state index in [0.29, 0.717) is 24.9 Å². The van der Waals surface area contributed by atoms with Crippen LogP contribution < -0.4 is 5.32 Å². The van der Waals surface area contributed by atoms with E-state index < -0.39 is 0 Å². The Morgan fingerprint density at radius 1 is 1.14 bits per heavy atom. The molecule has 6 nitrogen and oxygen atoms in total. The lowest BCUT2D eigenvalue weighted by atomic mass is 9.97. The highest BCUT2D eigenvalue weighted by molar-refractivity contribution is 5.74. The fraction of sp³-hybridized carbons (Fsp3) is 0.545. The molecule has 2 amide bonds. The molecule has 4 rings (SSSR count). The van der Waals surface area contributed by atoms with Gasteiger partial charge in [-0.05, 0) is 43.7 Å². The average molecular weight is 400 g/mol. The third kappa shape index (κ3) is 5.35. The first-order valence-electron chi connectivity index (χ1n) is 10.6. The highest BCUT2D eigenvalue weighted by atomic mass is 19.1. The summed E-state index contributed by atoms with van der Waals surface area (Å²) >= 11 is 0. The second-order valence-corrected chi connectivity index (χ2v) is 8.36. The Bertz CT molecular complexity index is 788. The molecule has 29 heavy (non-hydrogen) atoms. The zero-order chi connectivity index (χ0) is 20.1. The van der Waals surface area contributed by atoms with Crippen molar-refractivity contribution in [2.75, 3.05) is 32.7 Å². The largest absolute Gasteiger partial charge is 0.338 e. The van der Waals surface area contributed by atoms with Crippen molar-refractivity contribution < 1.29 is 9.18 Å². The summed E-state index contributed by atoms with van der Waals surface area (Å²) in [6.45, 7) is 5.80. The van der Waals surface area contributed by atoms with Crippen LogP contribution >= 0.6 is 0 Å². The highest BCUT2D eigenvalue weighted by Gasteiger charge is 2.26. The summed E-state index contributed by atoms with van der Waals surface area (Å²) in [5.74, 6) is 0.903. The Morgan fingerprint density at radius 3 is 2.69 bits per heavy atom. The summed E-state index contributed by atoms with van der Waals surface area (Å²) in [5, 5.41) is 3.12. The number of hydrogen-bond acceptors (Lipinski definition) is 3. The van der Waals surface area contributed by atoms with Crippen molar-refractivity contribution in [2.24, 2.45) is 11.8 Å². The second kappa shape index (κ2) is 9.39. The summed E-state index contributed by atoms with van der Waals surface area (Å²) in [6, 6.07) is 7.02. The average Bonchev–Trinajstić information content (AvgIpc) is 3.41. The first kappa shape index (κ1) is 19.9. The summed E-state index contributed by atoms with van der Waals surface area (Å²) in [6.07, 6.45) is 8.77. The number of aromatic nitrogens is 2. The lowest BCUT2D eigenvalue weighted by molar-refractivity contribution is 0.164. The maximum Gasteiger partial charge on any atom is 0.317 e. The first-order chi connectivity index (χ1) is 14.2. The molecule has 1 aromatic carbocycles. The van der Waals surface area contributed by atoms with E-state index in [0.717, 1.165) is 57.5 Å². The zero-order valence-electron chi connectivity index (χ0n) is 16.8. The SMILES string of the molecule is O=C(NCC1CCN(Cc2ccccc2F)C1)N1CCC(Cn2ccnc2)CC1. The molecule has 2 aliphatic rings.